The van der Waals surface area contributed by atoms with E-state index in [0.29, 0.717) is 102 Å². The van der Waals surface area contributed by atoms with E-state index in [1.165, 1.54) is 0 Å². The van der Waals surface area contributed by atoms with Crippen molar-refractivity contribution in [1.82, 2.24) is 0 Å². The fourth-order valence-electron chi connectivity index (χ4n) is 14.9. The SMILES string of the molecule is Oc1cc(O)c2cc1C(c1ccc3c(c1)OCCOCCOCCOCCOCCO3)c1cc(c(O)cc1O)C(c1ccc3c(c1)OCCOCCOCCOCCOCCO3)c1cc(c(O)cc1O)C(c1ccc3c(c1)OCCOCCOCCOCCOCCO3)c1cc(c(O)cc1O)C2c1ccc2c(c1)OCCOCCOCCOCCOCCO2. The van der Waals surface area contributed by atoms with Gasteiger partial charge in [-0.05, 0) is 95.1 Å². The number of aromatic hydroxyl groups is 8. The van der Waals surface area contributed by atoms with Crippen molar-refractivity contribution in [1.29, 1.82) is 0 Å². The minimum absolute atomic E-state index is 0.00238. The lowest BCUT2D eigenvalue weighted by molar-refractivity contribution is -0.00842. The normalized spacial score (nSPS) is 20.8. The lowest BCUT2D eigenvalue weighted by atomic mass is 9.75. The molecule has 0 saturated heterocycles. The maximum absolute atomic E-state index is 13.1. The zero-order chi connectivity index (χ0) is 85.9. The summed E-state index contributed by atoms with van der Waals surface area (Å²) in [5, 5.41) is 105. The van der Waals surface area contributed by atoms with E-state index in [-0.39, 0.29) is 275 Å². The van der Waals surface area contributed by atoms with Crippen LogP contribution in [0.4, 0.5) is 0 Å². The maximum Gasteiger partial charge on any atom is 0.161 e. The molecule has 0 unspecified atom stereocenters. The molecule has 8 aromatic rings. The highest BCUT2D eigenvalue weighted by Gasteiger charge is 2.37. The van der Waals surface area contributed by atoms with Gasteiger partial charge in [0.2, 0.25) is 0 Å². The molecule has 4 heterocycles. The van der Waals surface area contributed by atoms with Crippen molar-refractivity contribution < 1.29 is 155 Å². The average Bonchev–Trinajstić information content (AvgIpc) is 0.735. The molecule has 0 atom stereocenters. The van der Waals surface area contributed by atoms with Gasteiger partial charge >= 0.3 is 0 Å². The molecule has 0 aromatic heterocycles. The Morgan fingerprint density at radius 1 is 0.137 bits per heavy atom. The van der Waals surface area contributed by atoms with Gasteiger partial charge in [0.15, 0.2) is 46.0 Å². The summed E-state index contributed by atoms with van der Waals surface area (Å²) in [5.41, 5.74) is 1.60. The number of hydrogen-bond acceptors (Lipinski definition) is 32. The fraction of sp³-hybridized carbons (Fsp3) is 0.478. The highest BCUT2D eigenvalue weighted by Crippen LogP contribution is 2.56. The molecule has 1 aliphatic carbocycles. The third kappa shape index (κ3) is 26.0. The van der Waals surface area contributed by atoms with Crippen LogP contribution in [0.2, 0.25) is 0 Å². The topological polar surface area (TPSA) is 383 Å². The summed E-state index contributed by atoms with van der Waals surface area (Å²) in [7, 11) is 0. The minimum atomic E-state index is -1.36. The van der Waals surface area contributed by atoms with Gasteiger partial charge in [0.25, 0.3) is 0 Å². The predicted octanol–water partition coefficient (Wildman–Crippen LogP) is 9.72. The second kappa shape index (κ2) is 49.0. The van der Waals surface area contributed by atoms with Gasteiger partial charge in [0.05, 0.1) is 211 Å². The molecular formula is C92H112O32. The number of rotatable bonds is 4. The molecular weight excluding hydrogens is 1620 g/mol. The van der Waals surface area contributed by atoms with Gasteiger partial charge in [0, 0.05) is 92.4 Å². The zero-order valence-corrected chi connectivity index (χ0v) is 69.5. The van der Waals surface area contributed by atoms with E-state index in [1.807, 2.05) is 0 Å². The van der Waals surface area contributed by atoms with Crippen LogP contribution in [0.5, 0.6) is 92.0 Å². The third-order valence-corrected chi connectivity index (χ3v) is 20.7. The molecule has 13 rings (SSSR count). The van der Waals surface area contributed by atoms with Crippen LogP contribution < -0.4 is 37.9 Å². The molecule has 0 spiro atoms. The Balaban J connectivity index is 1.06. The largest absolute Gasteiger partial charge is 0.507 e. The van der Waals surface area contributed by atoms with Gasteiger partial charge < -0.3 is 155 Å². The van der Waals surface area contributed by atoms with E-state index >= 15 is 0 Å². The first kappa shape index (κ1) is 91.6. The van der Waals surface area contributed by atoms with Crippen molar-refractivity contribution in [3.8, 4) is 92.0 Å². The zero-order valence-electron chi connectivity index (χ0n) is 69.5. The number of phenols is 8. The summed E-state index contributed by atoms with van der Waals surface area (Å²) in [6.07, 6.45) is 0. The molecule has 8 aromatic carbocycles. The molecule has 124 heavy (non-hydrogen) atoms. The molecule has 0 fully saturated rings. The summed E-state index contributed by atoms with van der Waals surface area (Å²) < 4.78 is 145. The first-order chi connectivity index (χ1) is 60.9. The summed E-state index contributed by atoms with van der Waals surface area (Å²) in [4.78, 5) is 0. The Labute approximate surface area is 719 Å². The Bertz CT molecular complexity index is 3950. The molecule has 32 heteroatoms. The third-order valence-electron chi connectivity index (χ3n) is 20.7. The van der Waals surface area contributed by atoms with Crippen LogP contribution in [-0.2, 0) is 75.8 Å². The summed E-state index contributed by atoms with van der Waals surface area (Å²) in [5.74, 6) is -7.51. The number of fused-ring (bicyclic) bond motifs is 12. The Morgan fingerprint density at radius 3 is 0.395 bits per heavy atom. The second-order valence-electron chi connectivity index (χ2n) is 29.0. The molecule has 672 valence electrons. The van der Waals surface area contributed by atoms with E-state index in [9.17, 15) is 40.9 Å². The first-order valence-electron chi connectivity index (χ1n) is 42.0. The Hall–Kier alpha value is -10.1. The lowest BCUT2D eigenvalue weighted by Gasteiger charge is -2.30. The summed E-state index contributed by atoms with van der Waals surface area (Å²) in [6, 6.07) is 31.1. The van der Waals surface area contributed by atoms with Crippen molar-refractivity contribution in [2.45, 2.75) is 23.7 Å². The second-order valence-corrected chi connectivity index (χ2v) is 29.0. The van der Waals surface area contributed by atoms with Crippen LogP contribution in [0, 0.1) is 0 Å². The standard InChI is InChI=1S/C92H112O32/c93-73-57-75(95)67-53-65(73)89(61-1-5-81-85(49-61)121-45-37-113-29-21-105-13-9-101-17-25-109-33-41-117-81)66-54-68(76(96)58-74(66)94)91(63-3-7-83-87(51-63)123-47-39-115-31-23-107-15-11-103-19-27-111-35-43-119-83)70-56-72(80(100)60-78(70)98)92(64-4-8-84-88(52-64)124-48-40-116-32-24-108-16-12-104-20-28-112-36-44-120-84)71-55-69(77(97)59-79(71)99)90(67)62-2-6-82-86(50-62)122-46-38-114-30-22-106-14-10-102-18-26-110-34-42-118-82/h1-8,49-60,89-100H,9-48H2. The highest BCUT2D eigenvalue weighted by atomic mass is 16.6. The number of phenolic OH excluding ortho intramolecular Hbond substituents is 8. The average molecular weight is 1730 g/mol. The Kier molecular flexibility index (Phi) is 36.2. The summed E-state index contributed by atoms with van der Waals surface area (Å²) >= 11 is 0. The first-order valence-corrected chi connectivity index (χ1v) is 42.0. The van der Waals surface area contributed by atoms with E-state index in [1.54, 1.807) is 97.1 Å². The van der Waals surface area contributed by atoms with Gasteiger partial charge in [-0.15, -0.1) is 0 Å². The summed E-state index contributed by atoms with van der Waals surface area (Å²) in [6.45, 7) is 8.78. The molecule has 4 aliphatic heterocycles. The van der Waals surface area contributed by atoms with Crippen molar-refractivity contribution in [2.75, 3.05) is 264 Å². The lowest BCUT2D eigenvalue weighted by Crippen LogP contribution is -2.16. The van der Waals surface area contributed by atoms with Crippen LogP contribution in [0.25, 0.3) is 0 Å². The molecule has 0 saturated carbocycles. The molecule has 0 amide bonds. The van der Waals surface area contributed by atoms with Crippen molar-refractivity contribution in [3.63, 3.8) is 0 Å². The number of hydrogen-bond donors (Lipinski definition) is 8. The molecule has 8 bridgehead atoms. The van der Waals surface area contributed by atoms with E-state index in [0.717, 1.165) is 24.3 Å². The van der Waals surface area contributed by atoms with E-state index < -0.39 is 69.7 Å². The van der Waals surface area contributed by atoms with E-state index in [2.05, 4.69) is 0 Å². The van der Waals surface area contributed by atoms with Gasteiger partial charge in [-0.1, -0.05) is 24.3 Å². The molecule has 0 radical (unpaired) electrons. The predicted molar refractivity (Wildman–Crippen MR) is 446 cm³/mol. The van der Waals surface area contributed by atoms with Crippen LogP contribution in [0.1, 0.15) is 90.4 Å². The Morgan fingerprint density at radius 2 is 0.258 bits per heavy atom. The number of benzene rings is 8. The van der Waals surface area contributed by atoms with E-state index in [4.69, 9.17) is 114 Å². The van der Waals surface area contributed by atoms with Crippen LogP contribution in [0.3, 0.4) is 0 Å². The van der Waals surface area contributed by atoms with Crippen LogP contribution in [-0.4, -0.2) is 305 Å². The molecule has 32 nitrogen and oxygen atoms in total. The van der Waals surface area contributed by atoms with Crippen molar-refractivity contribution in [2.24, 2.45) is 0 Å². The van der Waals surface area contributed by atoms with Gasteiger partial charge in [-0.3, -0.25) is 0 Å². The van der Waals surface area contributed by atoms with Gasteiger partial charge in [-0.25, -0.2) is 0 Å². The number of ether oxygens (including phenoxy) is 24. The monoisotopic (exact) mass is 1730 g/mol. The van der Waals surface area contributed by atoms with Crippen LogP contribution in [0.15, 0.2) is 121 Å². The maximum atomic E-state index is 13.1. The minimum Gasteiger partial charge on any atom is -0.507 e. The molecule has 8 N–H and O–H groups in total. The quantitative estimate of drug-likeness (QED) is 0.0812. The highest BCUT2D eigenvalue weighted by molar-refractivity contribution is 5.69. The van der Waals surface area contributed by atoms with Gasteiger partial charge in [0.1, 0.15) is 98.9 Å². The van der Waals surface area contributed by atoms with Gasteiger partial charge in [-0.2, -0.15) is 0 Å². The molecule has 5 aliphatic rings. The smallest absolute Gasteiger partial charge is 0.161 e. The fourth-order valence-corrected chi connectivity index (χ4v) is 14.9. The van der Waals surface area contributed by atoms with Crippen molar-refractivity contribution >= 4 is 0 Å². The van der Waals surface area contributed by atoms with Crippen molar-refractivity contribution in [3.05, 3.63) is 188 Å². The van der Waals surface area contributed by atoms with Crippen LogP contribution >= 0.6 is 0 Å².